The Morgan fingerprint density at radius 3 is 2.32 bits per heavy atom. The Bertz CT molecular complexity index is 743. The molecule has 0 unspecified atom stereocenters. The molecule has 0 saturated heterocycles. The number of ether oxygens (including phenoxy) is 1. The van der Waals surface area contributed by atoms with Gasteiger partial charge in [0.25, 0.3) is 0 Å². The topological polar surface area (TPSA) is 26.3 Å². The predicted octanol–water partition coefficient (Wildman–Crippen LogP) is 4.41. The van der Waals surface area contributed by atoms with Gasteiger partial charge in [0, 0.05) is 17.6 Å². The van der Waals surface area contributed by atoms with Crippen LogP contribution in [0.4, 0.5) is 13.2 Å². The molecule has 0 atom stereocenters. The number of allylic oxidation sites excluding steroid dienone is 1. The number of rotatable bonds is 3. The maximum absolute atomic E-state index is 12.4. The van der Waals surface area contributed by atoms with E-state index in [1.165, 1.54) is 12.1 Å². The van der Waals surface area contributed by atoms with Crippen molar-refractivity contribution in [3.05, 3.63) is 70.8 Å². The maximum Gasteiger partial charge on any atom is 0.573 e. The Hall–Kier alpha value is -2.56. The molecule has 0 bridgehead atoms. The molecular formula is C17H11F3O2. The van der Waals surface area contributed by atoms with Gasteiger partial charge in [-0.15, -0.1) is 13.2 Å². The molecule has 112 valence electrons. The van der Waals surface area contributed by atoms with Gasteiger partial charge in [0.2, 0.25) is 0 Å². The largest absolute Gasteiger partial charge is 0.573 e. The first-order valence-corrected chi connectivity index (χ1v) is 6.61. The molecule has 0 spiro atoms. The van der Waals surface area contributed by atoms with Crippen LogP contribution >= 0.6 is 0 Å². The van der Waals surface area contributed by atoms with Crippen LogP contribution in [0.2, 0.25) is 0 Å². The summed E-state index contributed by atoms with van der Waals surface area (Å²) < 4.78 is 40.1. The van der Waals surface area contributed by atoms with E-state index in [0.29, 0.717) is 17.6 Å². The molecule has 2 nitrogen and oxygen atoms in total. The van der Waals surface area contributed by atoms with E-state index >= 15 is 0 Å². The van der Waals surface area contributed by atoms with E-state index in [0.717, 1.165) is 23.3 Å². The Balaban J connectivity index is 1.77. The van der Waals surface area contributed by atoms with Crippen LogP contribution in [-0.4, -0.2) is 12.1 Å². The number of ketones is 1. The van der Waals surface area contributed by atoms with Crippen molar-refractivity contribution in [2.75, 3.05) is 0 Å². The Labute approximate surface area is 124 Å². The maximum atomic E-state index is 12.4. The summed E-state index contributed by atoms with van der Waals surface area (Å²) in [7, 11) is 0. The van der Waals surface area contributed by atoms with Crippen LogP contribution in [0.25, 0.3) is 6.08 Å². The summed E-state index contributed by atoms with van der Waals surface area (Å²) in [5.74, 6) is -0.525. The minimum Gasteiger partial charge on any atom is -0.406 e. The van der Waals surface area contributed by atoms with Crippen molar-refractivity contribution in [1.29, 1.82) is 0 Å². The van der Waals surface area contributed by atoms with Crippen LogP contribution in [0, 0.1) is 0 Å². The van der Waals surface area contributed by atoms with Crippen LogP contribution in [0.3, 0.4) is 0 Å². The molecule has 0 saturated carbocycles. The first kappa shape index (κ1) is 14.4. The fourth-order valence-electron chi connectivity index (χ4n) is 2.42. The first-order chi connectivity index (χ1) is 10.4. The molecule has 0 N–H and O–H groups in total. The molecule has 0 aliphatic heterocycles. The zero-order chi connectivity index (χ0) is 15.7. The third-order valence-electron chi connectivity index (χ3n) is 3.41. The number of alkyl halides is 3. The van der Waals surface area contributed by atoms with Crippen molar-refractivity contribution in [2.24, 2.45) is 0 Å². The van der Waals surface area contributed by atoms with E-state index in [2.05, 4.69) is 4.74 Å². The van der Waals surface area contributed by atoms with Gasteiger partial charge < -0.3 is 4.74 Å². The summed E-state index contributed by atoms with van der Waals surface area (Å²) in [4.78, 5) is 12.4. The molecular weight excluding hydrogens is 293 g/mol. The number of carbonyl (C=O) groups is 1. The lowest BCUT2D eigenvalue weighted by atomic mass is 10.0. The third-order valence-corrected chi connectivity index (χ3v) is 3.41. The van der Waals surface area contributed by atoms with Crippen molar-refractivity contribution in [3.63, 3.8) is 0 Å². The Kier molecular flexibility index (Phi) is 3.48. The molecule has 22 heavy (non-hydrogen) atoms. The van der Waals surface area contributed by atoms with E-state index in [4.69, 9.17) is 0 Å². The lowest BCUT2D eigenvalue weighted by molar-refractivity contribution is -0.274. The van der Waals surface area contributed by atoms with E-state index in [9.17, 15) is 18.0 Å². The van der Waals surface area contributed by atoms with E-state index in [-0.39, 0.29) is 11.5 Å². The van der Waals surface area contributed by atoms with Gasteiger partial charge in [-0.05, 0) is 41.5 Å². The second-order valence-electron chi connectivity index (χ2n) is 4.95. The molecule has 0 fully saturated rings. The average Bonchev–Trinajstić information content (AvgIpc) is 2.89. The highest BCUT2D eigenvalue weighted by atomic mass is 19.4. The normalized spacial score (nSPS) is 13.5. The molecule has 0 aromatic heterocycles. The van der Waals surface area contributed by atoms with Crippen LogP contribution in [0.1, 0.15) is 21.5 Å². The van der Waals surface area contributed by atoms with Gasteiger partial charge in [0.1, 0.15) is 5.75 Å². The van der Waals surface area contributed by atoms with E-state index in [1.807, 2.05) is 30.3 Å². The van der Waals surface area contributed by atoms with Crippen molar-refractivity contribution in [1.82, 2.24) is 0 Å². The summed E-state index contributed by atoms with van der Waals surface area (Å²) in [5, 5.41) is 0. The smallest absolute Gasteiger partial charge is 0.406 e. The monoisotopic (exact) mass is 304 g/mol. The summed E-state index contributed by atoms with van der Waals surface area (Å²) in [6, 6.07) is 12.6. The van der Waals surface area contributed by atoms with Gasteiger partial charge in [-0.2, -0.15) is 0 Å². The first-order valence-electron chi connectivity index (χ1n) is 6.61. The Morgan fingerprint density at radius 1 is 1.00 bits per heavy atom. The fourth-order valence-corrected chi connectivity index (χ4v) is 2.42. The lowest BCUT2D eigenvalue weighted by Crippen LogP contribution is -2.17. The molecule has 1 aliphatic carbocycles. The number of hydrogen-bond acceptors (Lipinski definition) is 2. The highest BCUT2D eigenvalue weighted by Crippen LogP contribution is 2.28. The molecule has 5 heteroatoms. The summed E-state index contributed by atoms with van der Waals surface area (Å²) in [6.07, 6.45) is -2.38. The van der Waals surface area contributed by atoms with Gasteiger partial charge in [0.05, 0.1) is 0 Å². The lowest BCUT2D eigenvalue weighted by Gasteiger charge is -2.09. The molecule has 3 rings (SSSR count). The van der Waals surface area contributed by atoms with E-state index in [1.54, 1.807) is 0 Å². The molecule has 0 radical (unpaired) electrons. The zero-order valence-electron chi connectivity index (χ0n) is 11.4. The summed E-state index contributed by atoms with van der Waals surface area (Å²) in [5.41, 5.74) is 3.05. The molecule has 1 aliphatic rings. The SMILES string of the molecule is O=C(C1=Cc2ccccc2C1)c1ccc(OC(F)(F)F)cc1. The van der Waals surface area contributed by atoms with Gasteiger partial charge in [-0.25, -0.2) is 0 Å². The van der Waals surface area contributed by atoms with Crippen molar-refractivity contribution in [2.45, 2.75) is 12.8 Å². The van der Waals surface area contributed by atoms with Gasteiger partial charge >= 0.3 is 6.36 Å². The zero-order valence-corrected chi connectivity index (χ0v) is 11.4. The van der Waals surface area contributed by atoms with E-state index < -0.39 is 6.36 Å². The van der Waals surface area contributed by atoms with Crippen LogP contribution in [0.5, 0.6) is 5.75 Å². The summed E-state index contributed by atoms with van der Waals surface area (Å²) in [6.45, 7) is 0. The van der Waals surface area contributed by atoms with Gasteiger partial charge in [-0.3, -0.25) is 4.79 Å². The summed E-state index contributed by atoms with van der Waals surface area (Å²) >= 11 is 0. The standard InChI is InChI=1S/C17H11F3O2/c18-17(19,20)22-15-7-5-11(6-8-15)16(21)14-9-12-3-1-2-4-13(12)10-14/h1-9H,10H2. The highest BCUT2D eigenvalue weighted by molar-refractivity contribution is 6.12. The molecule has 0 heterocycles. The molecule has 0 amide bonds. The third kappa shape index (κ3) is 3.03. The number of hydrogen-bond donors (Lipinski definition) is 0. The number of carbonyl (C=O) groups excluding carboxylic acids is 1. The average molecular weight is 304 g/mol. The van der Waals surface area contributed by atoms with Crippen molar-refractivity contribution < 1.29 is 22.7 Å². The quantitative estimate of drug-likeness (QED) is 0.785. The predicted molar refractivity (Wildman–Crippen MR) is 75.6 cm³/mol. The highest BCUT2D eigenvalue weighted by Gasteiger charge is 2.31. The molecule has 2 aromatic rings. The van der Waals surface area contributed by atoms with Crippen molar-refractivity contribution >= 4 is 11.9 Å². The van der Waals surface area contributed by atoms with Crippen LogP contribution < -0.4 is 4.74 Å². The fraction of sp³-hybridized carbons (Fsp3) is 0.118. The van der Waals surface area contributed by atoms with Crippen molar-refractivity contribution in [3.8, 4) is 5.75 Å². The van der Waals surface area contributed by atoms with Gasteiger partial charge in [0.15, 0.2) is 5.78 Å². The number of Topliss-reactive ketones (excluding diaryl/α,β-unsaturated/α-hetero) is 1. The molecule has 2 aromatic carbocycles. The second-order valence-corrected chi connectivity index (χ2v) is 4.95. The number of benzene rings is 2. The number of fused-ring (bicyclic) bond motifs is 1. The van der Waals surface area contributed by atoms with Gasteiger partial charge in [-0.1, -0.05) is 24.3 Å². The van der Waals surface area contributed by atoms with Crippen LogP contribution in [-0.2, 0) is 6.42 Å². The second kappa shape index (κ2) is 5.33. The van der Waals surface area contributed by atoms with Crippen LogP contribution in [0.15, 0.2) is 54.1 Å². The Morgan fingerprint density at radius 2 is 1.68 bits per heavy atom. The number of halogens is 3. The minimum atomic E-state index is -4.73. The minimum absolute atomic E-state index is 0.185.